The van der Waals surface area contributed by atoms with E-state index in [0.29, 0.717) is 0 Å². The van der Waals surface area contributed by atoms with Gasteiger partial charge in [0.15, 0.2) is 0 Å². The first-order valence-corrected chi connectivity index (χ1v) is 2.26. The number of hydrogen-bond acceptors (Lipinski definition) is 1. The Morgan fingerprint density at radius 2 is 0.833 bits per heavy atom. The van der Waals surface area contributed by atoms with Gasteiger partial charge in [-0.05, 0) is 32.1 Å². The third-order valence-corrected chi connectivity index (χ3v) is 0.556. The van der Waals surface area contributed by atoms with Crippen LogP contribution in [0.25, 0.3) is 5.59 Å². The average molecular weight is 203 g/mol. The van der Waals surface area contributed by atoms with Crippen molar-refractivity contribution in [1.29, 1.82) is 0 Å². The van der Waals surface area contributed by atoms with Gasteiger partial charge in [0.25, 0.3) is 0 Å². The third-order valence-electron chi connectivity index (χ3n) is 0.556. The van der Waals surface area contributed by atoms with Crippen molar-refractivity contribution in [1.82, 2.24) is 0 Å². The smallest absolute Gasteiger partial charge is 0.577 e. The molecule has 0 aromatic heterocycles. The Kier molecular flexibility index (Phi) is 86.7. The first-order valence-electron chi connectivity index (χ1n) is 2.26. The summed E-state index contributed by atoms with van der Waals surface area (Å²) in [4.78, 5) is 7.25. The first-order chi connectivity index (χ1) is 5.50. The summed E-state index contributed by atoms with van der Waals surface area (Å²) in [5.74, 6) is 0. The van der Waals surface area contributed by atoms with Crippen LogP contribution in [0.3, 0.4) is 0 Å². The van der Waals surface area contributed by atoms with E-state index in [4.69, 9.17) is 19.8 Å². The van der Waals surface area contributed by atoms with Crippen LogP contribution in [0.4, 0.5) is 0 Å². The molecule has 0 unspecified atom stereocenters. The molecule has 5 radical (unpaired) electrons. The molecule has 1 aliphatic carbocycles. The molecule has 1 rings (SSSR count). The van der Waals surface area contributed by atoms with Crippen molar-refractivity contribution in [2.24, 2.45) is 0 Å². The maximum absolute atomic E-state index is 7.50. The molecular weight excluding hydrogens is 198 g/mol. The van der Waals surface area contributed by atoms with Crippen LogP contribution in [-0.4, -0.2) is 0 Å². The van der Waals surface area contributed by atoms with Gasteiger partial charge >= 0.3 is 40.0 Å². The third kappa shape index (κ3) is 33.5. The molecule has 0 bridgehead atoms. The summed E-state index contributed by atoms with van der Waals surface area (Å²) < 4.78 is 15.0. The zero-order valence-corrected chi connectivity index (χ0v) is 7.24. The summed E-state index contributed by atoms with van der Waals surface area (Å²) in [6.45, 7) is 9.00. The van der Waals surface area contributed by atoms with Crippen LogP contribution in [0, 0.1) is 50.3 Å². The first kappa shape index (κ1) is 22.6. The Morgan fingerprint density at radius 1 is 0.750 bits per heavy atom. The maximum atomic E-state index is 7.50. The number of nitrogens with zero attached hydrogens (tertiary/aromatic N) is 1. The van der Waals surface area contributed by atoms with Crippen LogP contribution in [0.1, 0.15) is 0 Å². The van der Waals surface area contributed by atoms with Crippen molar-refractivity contribution < 1.29 is 26.7 Å². The second-order valence-corrected chi connectivity index (χ2v) is 0.962. The van der Waals surface area contributed by atoms with Gasteiger partial charge < -0.3 is 10.5 Å². The van der Waals surface area contributed by atoms with E-state index in [1.165, 1.54) is 0 Å². The molecule has 0 atom stereocenters. The van der Waals surface area contributed by atoms with Gasteiger partial charge in [0.2, 0.25) is 0 Å². The molecule has 0 heterocycles. The normalized spacial score (nSPS) is 10.7. The molecule has 0 spiro atoms. The maximum Gasteiger partial charge on any atom is 2.00 e. The van der Waals surface area contributed by atoms with Crippen molar-refractivity contribution in [2.75, 3.05) is 0 Å². The predicted octanol–water partition coefficient (Wildman–Crippen LogP) is 1.27. The summed E-state index contributed by atoms with van der Waals surface area (Å²) in [6, 6.07) is 0. The van der Waals surface area contributed by atoms with E-state index in [1.54, 1.807) is 0 Å². The second-order valence-electron chi connectivity index (χ2n) is 0.962. The molecule has 0 aliphatic heterocycles. The van der Waals surface area contributed by atoms with Crippen LogP contribution in [0.2, 0.25) is 0 Å². The summed E-state index contributed by atoms with van der Waals surface area (Å²) in [7, 11) is 0. The van der Waals surface area contributed by atoms with E-state index >= 15 is 0 Å². The molecule has 0 aromatic rings. The topological polar surface area (TPSA) is 79.2 Å². The van der Waals surface area contributed by atoms with Crippen LogP contribution in [-0.2, 0) is 26.7 Å². The molecular formula is C7H5CrNO3+. The summed E-state index contributed by atoms with van der Waals surface area (Å²) in [5, 5.41) is 0. The fourth-order valence-electron chi connectivity index (χ4n) is 0.321. The fraction of sp³-hybridized carbons (Fsp3) is 0. The van der Waals surface area contributed by atoms with E-state index in [-0.39, 0.29) is 17.4 Å². The Bertz CT molecular complexity index is 77.5. The van der Waals surface area contributed by atoms with Crippen LogP contribution in [0.15, 0.2) is 0 Å². The Labute approximate surface area is 83.1 Å². The van der Waals surface area contributed by atoms with Gasteiger partial charge in [-0.15, -0.1) is 0 Å². The van der Waals surface area contributed by atoms with Crippen molar-refractivity contribution >= 4 is 0 Å². The number of hydrogen-bond donors (Lipinski definition) is 0. The predicted molar refractivity (Wildman–Crippen MR) is 36.1 cm³/mol. The number of nitroso groups, excluding NO2 is 1. The minimum Gasteiger partial charge on any atom is -0.577 e. The molecule has 0 amide bonds. The van der Waals surface area contributed by atoms with Gasteiger partial charge in [-0.2, -0.15) is 0 Å². The zero-order valence-electron chi connectivity index (χ0n) is 5.97. The molecule has 0 saturated heterocycles. The van der Waals surface area contributed by atoms with Gasteiger partial charge in [-0.1, -0.05) is 0 Å². The van der Waals surface area contributed by atoms with E-state index in [2.05, 4.69) is 13.3 Å². The van der Waals surface area contributed by atoms with Crippen LogP contribution >= 0.6 is 0 Å². The number of rotatable bonds is 0. The molecule has 12 heavy (non-hydrogen) atoms. The van der Waals surface area contributed by atoms with E-state index < -0.39 is 0 Å². The van der Waals surface area contributed by atoms with E-state index in [1.807, 2.05) is 32.1 Å². The van der Waals surface area contributed by atoms with Gasteiger partial charge in [0, 0.05) is 0 Å². The van der Waals surface area contributed by atoms with Crippen LogP contribution in [0.5, 0.6) is 0 Å². The van der Waals surface area contributed by atoms with Crippen molar-refractivity contribution in [3.05, 3.63) is 55.9 Å². The SMILES string of the molecule is [C-]#[O+].[C-]#[O+].[CH]1[CH][CH][CH][CH]1.[Cr+2].[N-]=O. The molecule has 4 nitrogen and oxygen atoms in total. The van der Waals surface area contributed by atoms with Gasteiger partial charge in [-0.25, -0.2) is 0 Å². The monoisotopic (exact) mass is 203 g/mol. The zero-order chi connectivity index (χ0) is 9.54. The summed E-state index contributed by atoms with van der Waals surface area (Å²) in [5.41, 5.74) is 5.75. The molecule has 1 saturated carbocycles. The molecule has 1 fully saturated rings. The minimum atomic E-state index is 0. The molecule has 61 valence electrons. The quantitative estimate of drug-likeness (QED) is 0.431. The van der Waals surface area contributed by atoms with Gasteiger partial charge in [0.05, 0.1) is 0 Å². The Morgan fingerprint density at radius 3 is 0.917 bits per heavy atom. The van der Waals surface area contributed by atoms with Crippen LogP contribution < -0.4 is 0 Å². The molecule has 0 N–H and O–H groups in total. The van der Waals surface area contributed by atoms with E-state index in [9.17, 15) is 0 Å². The van der Waals surface area contributed by atoms with Crippen molar-refractivity contribution in [2.45, 2.75) is 0 Å². The Balaban J connectivity index is -0.0000000406. The average Bonchev–Trinajstić information content (AvgIpc) is 2.71. The Hall–Kier alpha value is -0.388. The molecule has 0 aromatic carbocycles. The summed E-state index contributed by atoms with van der Waals surface area (Å²) >= 11 is 0. The largest absolute Gasteiger partial charge is 2.00 e. The molecule has 5 heteroatoms. The van der Waals surface area contributed by atoms with Gasteiger partial charge in [-0.3, -0.25) is 0 Å². The minimum absolute atomic E-state index is 0. The van der Waals surface area contributed by atoms with Crippen molar-refractivity contribution in [3.8, 4) is 0 Å². The van der Waals surface area contributed by atoms with E-state index in [0.717, 1.165) is 0 Å². The standard InChI is InChI=1S/C5H5.2CO.Cr.NO/c1-2-4-5-3-1;2*1-2;;1-2/h1-5H;;;;/q;;;+2;-1. The fourth-order valence-corrected chi connectivity index (χ4v) is 0.321. The summed E-state index contributed by atoms with van der Waals surface area (Å²) in [6.07, 6.45) is 10.0. The van der Waals surface area contributed by atoms with Gasteiger partial charge in [0.1, 0.15) is 0 Å². The van der Waals surface area contributed by atoms with Crippen molar-refractivity contribution in [3.63, 3.8) is 0 Å². The molecule has 1 aliphatic rings. The second kappa shape index (κ2) is 46.1.